The van der Waals surface area contributed by atoms with E-state index in [4.69, 9.17) is 26.8 Å². The summed E-state index contributed by atoms with van der Waals surface area (Å²) < 4.78 is 52.2. The Bertz CT molecular complexity index is 1190. The number of nitrogens with zero attached hydrogens (tertiary/aromatic N) is 2. The molecule has 0 spiro atoms. The van der Waals surface area contributed by atoms with E-state index in [1.807, 2.05) is 0 Å². The van der Waals surface area contributed by atoms with E-state index in [-0.39, 0.29) is 40.4 Å². The van der Waals surface area contributed by atoms with E-state index in [9.17, 15) is 22.4 Å². The van der Waals surface area contributed by atoms with Gasteiger partial charge in [-0.05, 0) is 43.2 Å². The maximum atomic E-state index is 13.8. The molecule has 34 heavy (non-hydrogen) atoms. The van der Waals surface area contributed by atoms with Gasteiger partial charge >= 0.3 is 0 Å². The quantitative estimate of drug-likeness (QED) is 0.579. The molecule has 1 heterocycles. The lowest BCUT2D eigenvalue weighted by molar-refractivity contribution is -0.133. The first kappa shape index (κ1) is 25.6. The molecule has 2 amide bonds. The van der Waals surface area contributed by atoms with Crippen LogP contribution in [0.1, 0.15) is 12.8 Å². The van der Waals surface area contributed by atoms with Crippen molar-refractivity contribution in [3.8, 4) is 11.5 Å². The van der Waals surface area contributed by atoms with Gasteiger partial charge in [-0.25, -0.2) is 12.8 Å². The number of anilines is 1. The zero-order valence-corrected chi connectivity index (χ0v) is 20.2. The number of nitrogens with two attached hydrogens (primary N) is 1. The van der Waals surface area contributed by atoms with Gasteiger partial charge in [0.2, 0.25) is 11.8 Å². The Hall–Kier alpha value is -3.05. The van der Waals surface area contributed by atoms with Crippen LogP contribution >= 0.6 is 11.6 Å². The fourth-order valence-corrected chi connectivity index (χ4v) is 5.29. The van der Waals surface area contributed by atoms with E-state index in [0.717, 1.165) is 16.4 Å². The molecule has 1 saturated heterocycles. The van der Waals surface area contributed by atoms with Crippen LogP contribution in [0.5, 0.6) is 11.5 Å². The van der Waals surface area contributed by atoms with Gasteiger partial charge in [0.05, 0.1) is 29.8 Å². The van der Waals surface area contributed by atoms with Gasteiger partial charge in [0.15, 0.2) is 11.5 Å². The molecule has 0 saturated carbocycles. The first-order valence-corrected chi connectivity index (χ1v) is 12.2. The van der Waals surface area contributed by atoms with Crippen LogP contribution in [-0.2, 0) is 19.6 Å². The highest BCUT2D eigenvalue weighted by molar-refractivity contribution is 7.92. The molecule has 0 radical (unpaired) electrons. The molecule has 12 heteroatoms. The second-order valence-corrected chi connectivity index (χ2v) is 9.95. The number of carbonyl (C=O) groups is 2. The molecule has 0 unspecified atom stereocenters. The van der Waals surface area contributed by atoms with Gasteiger partial charge in [0.1, 0.15) is 12.4 Å². The van der Waals surface area contributed by atoms with E-state index >= 15 is 0 Å². The van der Waals surface area contributed by atoms with Crippen LogP contribution in [0.4, 0.5) is 10.1 Å². The highest BCUT2D eigenvalue weighted by atomic mass is 35.5. The van der Waals surface area contributed by atoms with Crippen molar-refractivity contribution in [1.82, 2.24) is 4.90 Å². The second kappa shape index (κ2) is 10.5. The SMILES string of the molecule is COc1ccc(S(=O)(=O)N(CC(=O)N2CCC(C(N)=O)CC2)c2ccc(F)c(Cl)c2)cc1OC. The third-order valence-corrected chi connectivity index (χ3v) is 7.72. The Morgan fingerprint density at radius 2 is 1.76 bits per heavy atom. The number of hydrogen-bond donors (Lipinski definition) is 1. The standard InChI is InChI=1S/C22H25ClFN3O6S/c1-32-19-6-4-16(12-20(19)33-2)34(30,31)27(15-3-5-18(24)17(23)11-15)13-21(28)26-9-7-14(8-10-26)22(25)29/h3-6,11-12,14H,7-10,13H2,1-2H3,(H2,25,29). The topological polar surface area (TPSA) is 119 Å². The third kappa shape index (κ3) is 5.36. The lowest BCUT2D eigenvalue weighted by Gasteiger charge is -2.33. The summed E-state index contributed by atoms with van der Waals surface area (Å²) in [5.41, 5.74) is 5.36. The summed E-state index contributed by atoms with van der Waals surface area (Å²) in [5.74, 6) is -1.45. The molecule has 0 aromatic heterocycles. The third-order valence-electron chi connectivity index (χ3n) is 5.66. The molecule has 3 rings (SSSR count). The van der Waals surface area contributed by atoms with Crippen LogP contribution in [0, 0.1) is 11.7 Å². The smallest absolute Gasteiger partial charge is 0.264 e. The first-order valence-electron chi connectivity index (χ1n) is 10.4. The number of amides is 2. The lowest BCUT2D eigenvalue weighted by atomic mass is 9.96. The molecule has 0 aliphatic carbocycles. The number of piperidine rings is 1. The number of ether oxygens (including phenoxy) is 2. The molecule has 2 aromatic carbocycles. The number of likely N-dealkylation sites (tertiary alicyclic amines) is 1. The van der Waals surface area contributed by atoms with Crippen molar-refractivity contribution in [3.63, 3.8) is 0 Å². The van der Waals surface area contributed by atoms with Gasteiger partial charge in [-0.1, -0.05) is 11.6 Å². The monoisotopic (exact) mass is 513 g/mol. The fourth-order valence-electron chi connectivity index (χ4n) is 3.70. The van der Waals surface area contributed by atoms with E-state index in [1.165, 1.54) is 43.4 Å². The van der Waals surface area contributed by atoms with Crippen LogP contribution < -0.4 is 19.5 Å². The van der Waals surface area contributed by atoms with Crippen molar-refractivity contribution in [2.24, 2.45) is 11.7 Å². The maximum absolute atomic E-state index is 13.8. The highest BCUT2D eigenvalue weighted by Gasteiger charge is 2.32. The largest absolute Gasteiger partial charge is 0.493 e. The summed E-state index contributed by atoms with van der Waals surface area (Å²) in [4.78, 5) is 25.8. The minimum atomic E-state index is -4.30. The molecule has 2 aromatic rings. The average molecular weight is 514 g/mol. The molecule has 1 aliphatic heterocycles. The number of primary amides is 1. The lowest BCUT2D eigenvalue weighted by Crippen LogP contribution is -2.47. The summed E-state index contributed by atoms with van der Waals surface area (Å²) >= 11 is 5.90. The summed E-state index contributed by atoms with van der Waals surface area (Å²) in [6, 6.07) is 7.41. The normalized spacial score (nSPS) is 14.5. The summed E-state index contributed by atoms with van der Waals surface area (Å²) in [6.45, 7) is -0.0262. The number of hydrogen-bond acceptors (Lipinski definition) is 6. The molecule has 0 bridgehead atoms. The second-order valence-electron chi connectivity index (χ2n) is 7.68. The zero-order chi connectivity index (χ0) is 25.0. The van der Waals surface area contributed by atoms with Crippen LogP contribution in [0.3, 0.4) is 0 Å². The van der Waals surface area contributed by atoms with Gasteiger partial charge < -0.3 is 20.1 Å². The Balaban J connectivity index is 1.96. The number of halogens is 2. The van der Waals surface area contributed by atoms with Crippen molar-refractivity contribution < 1.29 is 31.9 Å². The minimum absolute atomic E-state index is 0.0153. The van der Waals surface area contributed by atoms with E-state index in [1.54, 1.807) is 0 Å². The molecule has 1 fully saturated rings. The first-order chi connectivity index (χ1) is 16.1. The maximum Gasteiger partial charge on any atom is 0.264 e. The van der Waals surface area contributed by atoms with Crippen LogP contribution in [0.25, 0.3) is 0 Å². The number of sulfonamides is 1. The van der Waals surface area contributed by atoms with Crippen LogP contribution in [0.15, 0.2) is 41.3 Å². The highest BCUT2D eigenvalue weighted by Crippen LogP contribution is 2.33. The molecular formula is C22H25ClFN3O6S. The summed E-state index contributed by atoms with van der Waals surface area (Å²) in [6.07, 6.45) is 0.789. The van der Waals surface area contributed by atoms with Crippen molar-refractivity contribution in [3.05, 3.63) is 47.2 Å². The van der Waals surface area contributed by atoms with Crippen molar-refractivity contribution in [1.29, 1.82) is 0 Å². The molecular weight excluding hydrogens is 489 g/mol. The molecule has 184 valence electrons. The van der Waals surface area contributed by atoms with Crippen molar-refractivity contribution in [2.75, 3.05) is 38.2 Å². The fraction of sp³-hybridized carbons (Fsp3) is 0.364. The molecule has 9 nitrogen and oxygen atoms in total. The number of rotatable bonds is 8. The number of benzene rings is 2. The Morgan fingerprint density at radius 1 is 1.12 bits per heavy atom. The Morgan fingerprint density at radius 3 is 2.32 bits per heavy atom. The Labute approximate surface area is 202 Å². The van der Waals surface area contributed by atoms with E-state index in [0.29, 0.717) is 18.6 Å². The molecule has 2 N–H and O–H groups in total. The van der Waals surface area contributed by atoms with Crippen molar-refractivity contribution >= 4 is 39.1 Å². The molecule has 1 aliphatic rings. The van der Waals surface area contributed by atoms with Crippen LogP contribution in [0.2, 0.25) is 5.02 Å². The predicted octanol–water partition coefficient (Wildman–Crippen LogP) is 2.42. The van der Waals surface area contributed by atoms with Gasteiger partial charge in [0, 0.05) is 25.1 Å². The van der Waals surface area contributed by atoms with Crippen molar-refractivity contribution in [2.45, 2.75) is 17.7 Å². The van der Waals surface area contributed by atoms with Gasteiger partial charge in [-0.3, -0.25) is 13.9 Å². The van der Waals surface area contributed by atoms with Crippen LogP contribution in [-0.4, -0.2) is 59.0 Å². The van der Waals surface area contributed by atoms with Gasteiger partial charge in [0.25, 0.3) is 10.0 Å². The molecule has 0 atom stereocenters. The average Bonchev–Trinajstić information content (AvgIpc) is 2.83. The van der Waals surface area contributed by atoms with Gasteiger partial charge in [-0.2, -0.15) is 0 Å². The van der Waals surface area contributed by atoms with E-state index in [2.05, 4.69) is 0 Å². The number of carbonyl (C=O) groups excluding carboxylic acids is 2. The number of methoxy groups -OCH3 is 2. The Kier molecular flexibility index (Phi) is 7.88. The van der Waals surface area contributed by atoms with E-state index < -0.39 is 34.2 Å². The minimum Gasteiger partial charge on any atom is -0.493 e. The zero-order valence-electron chi connectivity index (χ0n) is 18.7. The summed E-state index contributed by atoms with van der Waals surface area (Å²) in [5, 5.41) is -0.292. The summed E-state index contributed by atoms with van der Waals surface area (Å²) in [7, 11) is -1.52. The van der Waals surface area contributed by atoms with Gasteiger partial charge in [-0.15, -0.1) is 0 Å². The predicted molar refractivity (Wildman–Crippen MR) is 124 cm³/mol.